The first-order valence-electron chi connectivity index (χ1n) is 5.55. The standard InChI is InChI=1S/C13H10Br2FNOS/c1-2-17(9-5-3-4-8(16)6-9)13(18)11-7-10(14)12(15)19-11/h3-7H,2H2,1H3. The predicted molar refractivity (Wildman–Crippen MR) is 83.5 cm³/mol. The van der Waals surface area contributed by atoms with Crippen molar-refractivity contribution in [1.82, 2.24) is 0 Å². The van der Waals surface area contributed by atoms with E-state index >= 15 is 0 Å². The van der Waals surface area contributed by atoms with E-state index in [1.165, 1.54) is 23.5 Å². The van der Waals surface area contributed by atoms with Crippen molar-refractivity contribution in [3.05, 3.63) is 49.3 Å². The lowest BCUT2D eigenvalue weighted by molar-refractivity contribution is 0.0992. The predicted octanol–water partition coefficient (Wildman–Crippen LogP) is 5.08. The number of anilines is 1. The van der Waals surface area contributed by atoms with E-state index in [0.717, 1.165) is 8.26 Å². The van der Waals surface area contributed by atoms with E-state index in [1.54, 1.807) is 23.1 Å². The number of thiophene rings is 1. The third-order valence-corrected chi connectivity index (χ3v) is 5.78. The summed E-state index contributed by atoms with van der Waals surface area (Å²) < 4.78 is 15.0. The van der Waals surface area contributed by atoms with Crippen LogP contribution >= 0.6 is 43.2 Å². The normalized spacial score (nSPS) is 10.5. The van der Waals surface area contributed by atoms with Crippen molar-refractivity contribution in [2.24, 2.45) is 0 Å². The van der Waals surface area contributed by atoms with E-state index in [0.29, 0.717) is 17.1 Å². The van der Waals surface area contributed by atoms with Gasteiger partial charge in [-0.25, -0.2) is 4.39 Å². The van der Waals surface area contributed by atoms with Gasteiger partial charge in [0.25, 0.3) is 5.91 Å². The molecule has 0 radical (unpaired) electrons. The van der Waals surface area contributed by atoms with Crippen molar-refractivity contribution in [3.8, 4) is 0 Å². The van der Waals surface area contributed by atoms with Crippen molar-refractivity contribution in [2.75, 3.05) is 11.4 Å². The van der Waals surface area contributed by atoms with Crippen LogP contribution in [0.3, 0.4) is 0 Å². The minimum atomic E-state index is -0.350. The van der Waals surface area contributed by atoms with Crippen LogP contribution in [0.5, 0.6) is 0 Å². The van der Waals surface area contributed by atoms with Crippen molar-refractivity contribution in [2.45, 2.75) is 6.92 Å². The molecule has 0 bridgehead atoms. The maximum absolute atomic E-state index is 13.2. The lowest BCUT2D eigenvalue weighted by atomic mass is 10.2. The van der Waals surface area contributed by atoms with E-state index in [9.17, 15) is 9.18 Å². The van der Waals surface area contributed by atoms with Crippen LogP contribution in [0.25, 0.3) is 0 Å². The summed E-state index contributed by atoms with van der Waals surface area (Å²) in [6.07, 6.45) is 0. The van der Waals surface area contributed by atoms with Gasteiger partial charge >= 0.3 is 0 Å². The zero-order valence-electron chi connectivity index (χ0n) is 9.99. The van der Waals surface area contributed by atoms with Gasteiger partial charge in [0.05, 0.1) is 8.66 Å². The first-order chi connectivity index (χ1) is 9.02. The molecule has 2 rings (SSSR count). The van der Waals surface area contributed by atoms with E-state index in [2.05, 4.69) is 31.9 Å². The second-order valence-electron chi connectivity index (χ2n) is 3.76. The van der Waals surface area contributed by atoms with Crippen molar-refractivity contribution < 1.29 is 9.18 Å². The molecular weight excluding hydrogens is 397 g/mol. The van der Waals surface area contributed by atoms with Crippen LogP contribution in [0.2, 0.25) is 0 Å². The fourth-order valence-electron chi connectivity index (χ4n) is 1.67. The summed E-state index contributed by atoms with van der Waals surface area (Å²) in [5, 5.41) is 0. The van der Waals surface area contributed by atoms with Crippen molar-refractivity contribution in [3.63, 3.8) is 0 Å². The number of benzene rings is 1. The first kappa shape index (κ1) is 14.7. The van der Waals surface area contributed by atoms with Gasteiger partial charge in [0.2, 0.25) is 0 Å². The van der Waals surface area contributed by atoms with Gasteiger partial charge in [0.15, 0.2) is 0 Å². The summed E-state index contributed by atoms with van der Waals surface area (Å²) in [6.45, 7) is 2.34. The topological polar surface area (TPSA) is 20.3 Å². The molecule has 2 aromatic rings. The molecule has 0 saturated carbocycles. The third-order valence-electron chi connectivity index (χ3n) is 2.54. The molecule has 2 nitrogen and oxygen atoms in total. The molecule has 0 N–H and O–H groups in total. The van der Waals surface area contributed by atoms with Crippen LogP contribution in [0.1, 0.15) is 16.6 Å². The average Bonchev–Trinajstić information content (AvgIpc) is 2.70. The summed E-state index contributed by atoms with van der Waals surface area (Å²) in [4.78, 5) is 14.6. The Morgan fingerprint density at radius 3 is 2.63 bits per heavy atom. The van der Waals surface area contributed by atoms with Crippen LogP contribution in [0.4, 0.5) is 10.1 Å². The van der Waals surface area contributed by atoms with Gasteiger partial charge in [0, 0.05) is 16.7 Å². The highest BCUT2D eigenvalue weighted by molar-refractivity contribution is 9.13. The maximum Gasteiger partial charge on any atom is 0.268 e. The van der Waals surface area contributed by atoms with E-state index in [-0.39, 0.29) is 11.7 Å². The van der Waals surface area contributed by atoms with E-state index in [4.69, 9.17) is 0 Å². The molecule has 0 atom stereocenters. The SMILES string of the molecule is CCN(C(=O)c1cc(Br)c(Br)s1)c1cccc(F)c1. The summed E-state index contributed by atoms with van der Waals surface area (Å²) in [5.74, 6) is -0.484. The van der Waals surface area contributed by atoms with Gasteiger partial charge < -0.3 is 4.90 Å². The summed E-state index contributed by atoms with van der Waals surface area (Å²) in [7, 11) is 0. The monoisotopic (exact) mass is 405 g/mol. The fourth-order valence-corrected chi connectivity index (χ4v) is 3.66. The number of carbonyl (C=O) groups excluding carboxylic acids is 1. The number of amides is 1. The van der Waals surface area contributed by atoms with Gasteiger partial charge in [-0.15, -0.1) is 11.3 Å². The van der Waals surface area contributed by atoms with E-state index < -0.39 is 0 Å². The number of halogens is 3. The second-order valence-corrected chi connectivity index (χ2v) is 6.99. The maximum atomic E-state index is 13.2. The van der Waals surface area contributed by atoms with Crippen LogP contribution in [0.15, 0.2) is 38.6 Å². The molecule has 6 heteroatoms. The Bertz CT molecular complexity index is 595. The Balaban J connectivity index is 2.34. The second kappa shape index (κ2) is 6.15. The highest BCUT2D eigenvalue weighted by Gasteiger charge is 2.19. The minimum absolute atomic E-state index is 0.135. The molecule has 1 amide bonds. The van der Waals surface area contributed by atoms with Crippen LogP contribution in [-0.4, -0.2) is 12.5 Å². The lowest BCUT2D eigenvalue weighted by Gasteiger charge is -2.20. The molecule has 0 saturated heterocycles. The summed E-state index contributed by atoms with van der Waals surface area (Å²) >= 11 is 8.07. The molecule has 100 valence electrons. The Hall–Kier alpha value is -0.720. The minimum Gasteiger partial charge on any atom is -0.308 e. The number of hydrogen-bond acceptors (Lipinski definition) is 2. The van der Waals surface area contributed by atoms with Crippen LogP contribution < -0.4 is 4.90 Å². The molecule has 0 aliphatic carbocycles. The van der Waals surface area contributed by atoms with Gasteiger partial charge in [-0.05, 0) is 63.0 Å². The quantitative estimate of drug-likeness (QED) is 0.695. The number of carbonyl (C=O) groups is 1. The number of nitrogens with zero attached hydrogens (tertiary/aromatic N) is 1. The largest absolute Gasteiger partial charge is 0.308 e. The Morgan fingerprint density at radius 1 is 1.37 bits per heavy atom. The summed E-state index contributed by atoms with van der Waals surface area (Å²) in [5.41, 5.74) is 0.563. The van der Waals surface area contributed by atoms with E-state index in [1.807, 2.05) is 6.92 Å². The molecule has 1 aromatic heterocycles. The third kappa shape index (κ3) is 3.24. The smallest absolute Gasteiger partial charge is 0.268 e. The van der Waals surface area contributed by atoms with Gasteiger partial charge in [-0.1, -0.05) is 6.07 Å². The zero-order chi connectivity index (χ0) is 14.0. The zero-order valence-corrected chi connectivity index (χ0v) is 14.0. The van der Waals surface area contributed by atoms with Gasteiger partial charge in [-0.3, -0.25) is 4.79 Å². The van der Waals surface area contributed by atoms with Crippen molar-refractivity contribution in [1.29, 1.82) is 0 Å². The Labute approximate surface area is 131 Å². The molecular formula is C13H10Br2FNOS. The molecule has 0 spiro atoms. The molecule has 0 aliphatic heterocycles. The number of hydrogen-bond donors (Lipinski definition) is 0. The highest BCUT2D eigenvalue weighted by Crippen LogP contribution is 2.33. The highest BCUT2D eigenvalue weighted by atomic mass is 79.9. The lowest BCUT2D eigenvalue weighted by Crippen LogP contribution is -2.30. The van der Waals surface area contributed by atoms with Gasteiger partial charge in [-0.2, -0.15) is 0 Å². The van der Waals surface area contributed by atoms with Crippen LogP contribution in [-0.2, 0) is 0 Å². The molecule has 0 fully saturated rings. The summed E-state index contributed by atoms with van der Waals surface area (Å²) in [6, 6.07) is 7.81. The molecule has 19 heavy (non-hydrogen) atoms. The van der Waals surface area contributed by atoms with Crippen molar-refractivity contribution >= 4 is 54.8 Å². The average molecular weight is 407 g/mol. The molecule has 1 aromatic carbocycles. The Kier molecular flexibility index (Phi) is 4.76. The molecule has 0 aliphatic rings. The van der Waals surface area contributed by atoms with Gasteiger partial charge in [0.1, 0.15) is 5.82 Å². The molecule has 1 heterocycles. The molecule has 0 unspecified atom stereocenters. The first-order valence-corrected chi connectivity index (χ1v) is 7.95. The Morgan fingerprint density at radius 2 is 2.11 bits per heavy atom. The van der Waals surface area contributed by atoms with Crippen LogP contribution in [0, 0.1) is 5.82 Å². The number of rotatable bonds is 3. The fraction of sp³-hybridized carbons (Fsp3) is 0.154.